The number of halogens is 4. The number of carbonyl (C=O) groups excluding carboxylic acids is 2. The van der Waals surface area contributed by atoms with E-state index in [0.717, 1.165) is 35.1 Å². The summed E-state index contributed by atoms with van der Waals surface area (Å²) in [5.74, 6) is 0.143. The van der Waals surface area contributed by atoms with Crippen molar-refractivity contribution >= 4 is 35.2 Å². The van der Waals surface area contributed by atoms with Crippen molar-refractivity contribution < 1.29 is 22.8 Å². The van der Waals surface area contributed by atoms with Gasteiger partial charge in [0.1, 0.15) is 0 Å². The first kappa shape index (κ1) is 29.3. The molecule has 0 saturated carbocycles. The second-order valence-corrected chi connectivity index (χ2v) is 10.7. The zero-order valence-corrected chi connectivity index (χ0v) is 22.2. The Hall–Kier alpha value is -2.27. The third-order valence-electron chi connectivity index (χ3n) is 6.21. The van der Waals surface area contributed by atoms with E-state index < -0.39 is 17.6 Å². The number of carbonyl (C=O) groups is 2. The van der Waals surface area contributed by atoms with Gasteiger partial charge in [-0.3, -0.25) is 14.5 Å². The number of rotatable bonds is 10. The average molecular weight is 557 g/mol. The summed E-state index contributed by atoms with van der Waals surface area (Å²) in [6.45, 7) is 3.86. The lowest BCUT2D eigenvalue weighted by Crippen LogP contribution is -2.42. The molecular weight excluding hydrogens is 525 g/mol. The van der Waals surface area contributed by atoms with Gasteiger partial charge in [-0.15, -0.1) is 11.8 Å². The maximum atomic E-state index is 14.0. The Morgan fingerprint density at radius 3 is 2.65 bits per heavy atom. The number of amides is 2. The first-order chi connectivity index (χ1) is 17.6. The van der Waals surface area contributed by atoms with E-state index in [1.54, 1.807) is 23.9 Å². The Balaban J connectivity index is 1.70. The molecule has 2 aromatic rings. The van der Waals surface area contributed by atoms with Gasteiger partial charge in [0.25, 0.3) is 5.91 Å². The highest BCUT2D eigenvalue weighted by atomic mass is 35.5. The van der Waals surface area contributed by atoms with Gasteiger partial charge in [-0.1, -0.05) is 24.6 Å². The molecule has 0 aromatic heterocycles. The predicted molar refractivity (Wildman–Crippen MR) is 141 cm³/mol. The van der Waals surface area contributed by atoms with E-state index in [1.165, 1.54) is 12.1 Å². The van der Waals surface area contributed by atoms with Crippen molar-refractivity contribution in [2.24, 2.45) is 11.7 Å². The van der Waals surface area contributed by atoms with E-state index in [0.29, 0.717) is 24.7 Å². The molecule has 2 amide bonds. The number of alkyl halides is 3. The van der Waals surface area contributed by atoms with Crippen LogP contribution in [0.1, 0.15) is 46.8 Å². The highest BCUT2D eigenvalue weighted by Gasteiger charge is 2.35. The SMILES string of the molecule is CCSc1ccc(Cl)cc1CNC(=O)c1ccc(CN2CCC[C@@H](CNC(=O)CN)C2)c(C(F)(F)F)c1. The maximum Gasteiger partial charge on any atom is 0.416 e. The van der Waals surface area contributed by atoms with Crippen molar-refractivity contribution in [3.8, 4) is 0 Å². The number of likely N-dealkylation sites (tertiary alicyclic amines) is 1. The van der Waals surface area contributed by atoms with E-state index in [-0.39, 0.29) is 42.6 Å². The highest BCUT2D eigenvalue weighted by Crippen LogP contribution is 2.34. The lowest BCUT2D eigenvalue weighted by atomic mass is 9.96. The van der Waals surface area contributed by atoms with Crippen LogP contribution >= 0.6 is 23.4 Å². The Morgan fingerprint density at radius 1 is 1.16 bits per heavy atom. The molecule has 202 valence electrons. The standard InChI is InChI=1S/C26H32ClF3N4O2S/c1-2-37-23-8-7-21(27)10-20(23)14-33-25(36)18-5-6-19(22(11-18)26(28,29)30)16-34-9-3-4-17(15-34)13-32-24(35)12-31/h5-8,10-11,17H,2-4,9,12-16,31H2,1H3,(H,32,35)(H,33,36)/t17-/m0/s1. The zero-order valence-electron chi connectivity index (χ0n) is 20.7. The second-order valence-electron chi connectivity index (χ2n) is 8.99. The largest absolute Gasteiger partial charge is 0.416 e. The van der Waals surface area contributed by atoms with Gasteiger partial charge in [0, 0.05) is 41.7 Å². The number of benzene rings is 2. The number of piperidine rings is 1. The molecule has 37 heavy (non-hydrogen) atoms. The van der Waals surface area contributed by atoms with Gasteiger partial charge >= 0.3 is 6.18 Å². The molecule has 1 fully saturated rings. The summed E-state index contributed by atoms with van der Waals surface area (Å²) in [5.41, 5.74) is 5.38. The summed E-state index contributed by atoms with van der Waals surface area (Å²) in [5, 5.41) is 6.00. The quantitative estimate of drug-likeness (QED) is 0.370. The molecule has 3 rings (SSSR count). The van der Waals surface area contributed by atoms with Crippen LogP contribution in [-0.2, 0) is 24.1 Å². The minimum Gasteiger partial charge on any atom is -0.355 e. The third kappa shape index (κ3) is 8.63. The monoisotopic (exact) mass is 556 g/mol. The number of thioether (sulfide) groups is 1. The Kier molecular flexibility index (Phi) is 10.7. The van der Waals surface area contributed by atoms with E-state index in [1.807, 2.05) is 17.9 Å². The lowest BCUT2D eigenvalue weighted by molar-refractivity contribution is -0.138. The van der Waals surface area contributed by atoms with Gasteiger partial charge in [-0.2, -0.15) is 13.2 Å². The summed E-state index contributed by atoms with van der Waals surface area (Å²) in [4.78, 5) is 27.1. The summed E-state index contributed by atoms with van der Waals surface area (Å²) in [6, 6.07) is 9.12. The molecule has 1 heterocycles. The Morgan fingerprint density at radius 2 is 1.95 bits per heavy atom. The van der Waals surface area contributed by atoms with Crippen molar-refractivity contribution in [1.29, 1.82) is 0 Å². The summed E-state index contributed by atoms with van der Waals surface area (Å²) < 4.78 is 41.9. The van der Waals surface area contributed by atoms with Crippen LogP contribution in [-0.4, -0.2) is 48.6 Å². The highest BCUT2D eigenvalue weighted by molar-refractivity contribution is 7.99. The molecule has 0 spiro atoms. The molecule has 1 atom stereocenters. The van der Waals surface area contributed by atoms with E-state index >= 15 is 0 Å². The fraction of sp³-hybridized carbons (Fsp3) is 0.462. The van der Waals surface area contributed by atoms with Crippen molar-refractivity contribution in [3.05, 3.63) is 63.7 Å². The van der Waals surface area contributed by atoms with Crippen LogP contribution in [0, 0.1) is 5.92 Å². The summed E-state index contributed by atoms with van der Waals surface area (Å²) in [6.07, 6.45) is -2.89. The van der Waals surface area contributed by atoms with Crippen LogP contribution in [0.25, 0.3) is 0 Å². The number of nitrogens with one attached hydrogen (secondary N) is 2. The average Bonchev–Trinajstić information content (AvgIpc) is 2.87. The number of nitrogens with two attached hydrogens (primary N) is 1. The fourth-order valence-corrected chi connectivity index (χ4v) is 5.40. The van der Waals surface area contributed by atoms with Crippen LogP contribution < -0.4 is 16.4 Å². The van der Waals surface area contributed by atoms with Crippen molar-refractivity contribution in [2.75, 3.05) is 31.9 Å². The van der Waals surface area contributed by atoms with Crippen LogP contribution in [0.5, 0.6) is 0 Å². The smallest absolute Gasteiger partial charge is 0.355 e. The normalized spacial score (nSPS) is 16.4. The molecule has 1 aliphatic rings. The van der Waals surface area contributed by atoms with Crippen LogP contribution in [0.15, 0.2) is 41.3 Å². The van der Waals surface area contributed by atoms with Crippen LogP contribution in [0.4, 0.5) is 13.2 Å². The minimum atomic E-state index is -4.60. The summed E-state index contributed by atoms with van der Waals surface area (Å²) >= 11 is 7.69. The van der Waals surface area contributed by atoms with Gasteiger partial charge < -0.3 is 16.4 Å². The van der Waals surface area contributed by atoms with Crippen LogP contribution in [0.3, 0.4) is 0 Å². The molecule has 11 heteroatoms. The molecule has 0 radical (unpaired) electrons. The number of hydrogen-bond donors (Lipinski definition) is 3. The number of nitrogens with zero attached hydrogens (tertiary/aromatic N) is 1. The van der Waals surface area contributed by atoms with E-state index in [4.69, 9.17) is 17.3 Å². The first-order valence-electron chi connectivity index (χ1n) is 12.2. The summed E-state index contributed by atoms with van der Waals surface area (Å²) in [7, 11) is 0. The molecule has 1 saturated heterocycles. The molecule has 1 aliphatic heterocycles. The first-order valence-corrected chi connectivity index (χ1v) is 13.6. The fourth-order valence-electron chi connectivity index (χ4n) is 4.41. The molecule has 4 N–H and O–H groups in total. The Bertz CT molecular complexity index is 1100. The Labute approximate surface area is 224 Å². The van der Waals surface area contributed by atoms with E-state index in [9.17, 15) is 22.8 Å². The van der Waals surface area contributed by atoms with Gasteiger partial charge in [-0.05, 0) is 72.5 Å². The van der Waals surface area contributed by atoms with Gasteiger partial charge in [0.15, 0.2) is 0 Å². The molecule has 0 aliphatic carbocycles. The second kappa shape index (κ2) is 13.5. The molecule has 6 nitrogen and oxygen atoms in total. The maximum absolute atomic E-state index is 14.0. The molecular formula is C26H32ClF3N4O2S. The van der Waals surface area contributed by atoms with Crippen molar-refractivity contribution in [2.45, 2.75) is 43.9 Å². The zero-order chi connectivity index (χ0) is 27.0. The van der Waals surface area contributed by atoms with Gasteiger partial charge in [0.05, 0.1) is 12.1 Å². The predicted octanol–water partition coefficient (Wildman–Crippen LogP) is 4.69. The molecule has 0 bridgehead atoms. The molecule has 0 unspecified atom stereocenters. The van der Waals surface area contributed by atoms with Gasteiger partial charge in [-0.25, -0.2) is 0 Å². The lowest BCUT2D eigenvalue weighted by Gasteiger charge is -2.33. The molecule has 2 aromatic carbocycles. The van der Waals surface area contributed by atoms with Crippen LogP contribution in [0.2, 0.25) is 5.02 Å². The topological polar surface area (TPSA) is 87.5 Å². The van der Waals surface area contributed by atoms with Gasteiger partial charge in [0.2, 0.25) is 5.91 Å². The van der Waals surface area contributed by atoms with Crippen molar-refractivity contribution in [1.82, 2.24) is 15.5 Å². The third-order valence-corrected chi connectivity index (χ3v) is 7.44. The van der Waals surface area contributed by atoms with E-state index in [2.05, 4.69) is 10.6 Å². The van der Waals surface area contributed by atoms with Crippen molar-refractivity contribution in [3.63, 3.8) is 0 Å². The minimum absolute atomic E-state index is 0.0520. The number of hydrogen-bond acceptors (Lipinski definition) is 5.